The summed E-state index contributed by atoms with van der Waals surface area (Å²) in [6, 6.07) is 0. The van der Waals surface area contributed by atoms with Gasteiger partial charge in [0.25, 0.3) is 0 Å². The van der Waals surface area contributed by atoms with Gasteiger partial charge in [0.15, 0.2) is 0 Å². The van der Waals surface area contributed by atoms with Crippen molar-refractivity contribution in [2.45, 2.75) is 0 Å². The molecule has 0 aromatic heterocycles. The number of halogens is 1. The minimum Gasteiger partial charge on any atom is -0.277 e. The van der Waals surface area contributed by atoms with Crippen LogP contribution in [0.2, 0.25) is 0 Å². The van der Waals surface area contributed by atoms with E-state index in [2.05, 4.69) is 0 Å². The van der Waals surface area contributed by atoms with Crippen LogP contribution in [-0.4, -0.2) is 37.4 Å². The largest absolute Gasteiger partial charge is 0.326 e. The Morgan fingerprint density at radius 1 is 1.50 bits per heavy atom. The van der Waals surface area contributed by atoms with E-state index in [1.807, 2.05) is 14.8 Å². The van der Waals surface area contributed by atoms with Gasteiger partial charge in [0.05, 0.1) is 14.8 Å². The van der Waals surface area contributed by atoms with Crippen molar-refractivity contribution in [2.24, 2.45) is 0 Å². The molecule has 0 aliphatic rings. The van der Waals surface area contributed by atoms with Gasteiger partial charge in [0.1, 0.15) is 0 Å². The number of hydrogen-bond donors (Lipinski definition) is 1. The topological polar surface area (TPSA) is 54.4 Å². The van der Waals surface area contributed by atoms with Crippen molar-refractivity contribution in [3.05, 3.63) is 0 Å². The molecule has 0 fully saturated rings. The molecule has 0 spiro atoms. The Morgan fingerprint density at radius 2 is 1.50 bits per heavy atom. The van der Waals surface area contributed by atoms with Gasteiger partial charge in [-0.15, -0.1) is 0 Å². The van der Waals surface area contributed by atoms with Crippen LogP contribution in [0.25, 0.3) is 0 Å². The van der Waals surface area contributed by atoms with Crippen LogP contribution in [0, 0.1) is 0 Å². The first-order valence-corrected chi connectivity index (χ1v) is 3.95. The van der Waals surface area contributed by atoms with Gasteiger partial charge in [0.2, 0.25) is 0 Å². The van der Waals surface area contributed by atoms with Crippen LogP contribution in [0.3, 0.4) is 0 Å². The predicted octanol–water partition coefficient (Wildman–Crippen LogP) is -0.197. The van der Waals surface area contributed by atoms with Crippen LogP contribution in [0.1, 0.15) is 0 Å². The van der Waals surface area contributed by atoms with E-state index in [9.17, 15) is 0 Å². The second-order valence-electron chi connectivity index (χ2n) is 0.412. The van der Waals surface area contributed by atoms with E-state index in [1.54, 1.807) is 0 Å². The van der Waals surface area contributed by atoms with Crippen LogP contribution >= 0.6 is 14.8 Å². The van der Waals surface area contributed by atoms with Crippen molar-refractivity contribution >= 4 is 47.8 Å². The first-order chi connectivity index (χ1) is 2.00. The number of rotatable bonds is 0. The Labute approximate surface area is 60.5 Å². The van der Waals surface area contributed by atoms with E-state index in [1.165, 1.54) is 0 Å². The Bertz CT molecular complexity index is 94.0. The zero-order valence-electron chi connectivity index (χ0n) is 2.50. The van der Waals surface area contributed by atoms with E-state index < -0.39 is 8.55 Å². The van der Waals surface area contributed by atoms with Crippen molar-refractivity contribution in [1.82, 2.24) is 0 Å². The summed E-state index contributed by atoms with van der Waals surface area (Å²) in [4.78, 5) is 0. The van der Waals surface area contributed by atoms with Crippen LogP contribution in [-0.2, 0) is 8.55 Å². The Balaban J connectivity index is 0. The third-order valence-electron chi connectivity index (χ3n) is 0. The Hall–Kier alpha value is 1.21. The molecule has 0 saturated carbocycles. The molecule has 37 valence electrons. The minimum absolute atomic E-state index is 0. The molecule has 6 heteroatoms. The molecular formula is HBrO3SSb. The van der Waals surface area contributed by atoms with E-state index >= 15 is 0 Å². The van der Waals surface area contributed by atoms with Crippen molar-refractivity contribution < 1.29 is 13.0 Å². The van der Waals surface area contributed by atoms with Crippen LogP contribution in [0.15, 0.2) is 0 Å². The van der Waals surface area contributed by atoms with Crippen LogP contribution in [0.4, 0.5) is 0 Å². The first kappa shape index (κ1) is 10.2. The minimum atomic E-state index is -3.85. The third-order valence-corrected chi connectivity index (χ3v) is 0. The average molecular weight is 283 g/mol. The van der Waals surface area contributed by atoms with Gasteiger partial charge in [0, 0.05) is 24.4 Å². The van der Waals surface area contributed by atoms with E-state index in [0.29, 0.717) is 0 Å². The van der Waals surface area contributed by atoms with Gasteiger partial charge in [-0.3, -0.25) is 4.55 Å². The molecule has 1 N–H and O–H groups in total. The first-order valence-electron chi connectivity index (χ1n) is 0.670. The van der Waals surface area contributed by atoms with Crippen LogP contribution in [0.5, 0.6) is 0 Å². The second kappa shape index (κ2) is 3.24. The molecule has 0 rings (SSSR count). The summed E-state index contributed by atoms with van der Waals surface area (Å²) in [5.74, 6) is 0. The summed E-state index contributed by atoms with van der Waals surface area (Å²) in [6.07, 6.45) is 0. The van der Waals surface area contributed by atoms with Crippen LogP contribution < -0.4 is 0 Å². The molecule has 0 bridgehead atoms. The zero-order chi connectivity index (χ0) is 4.50. The molecule has 0 aromatic carbocycles. The fourth-order valence-electron chi connectivity index (χ4n) is 0. The molecule has 0 aliphatic heterocycles. The maximum Gasteiger partial charge on any atom is 0.326 e. The monoisotopic (exact) mass is 281 g/mol. The molecule has 0 saturated heterocycles. The molecule has 0 aliphatic carbocycles. The van der Waals surface area contributed by atoms with E-state index in [-0.39, 0.29) is 24.4 Å². The average Bonchev–Trinajstić information content (AvgIpc) is 0.722. The summed E-state index contributed by atoms with van der Waals surface area (Å²) < 4.78 is 25.6. The van der Waals surface area contributed by atoms with E-state index in [0.717, 1.165) is 0 Å². The summed E-state index contributed by atoms with van der Waals surface area (Å²) in [5, 5.41) is 0. The SMILES string of the molecule is O=S(=O)(O)Br.[Sb]. The summed E-state index contributed by atoms with van der Waals surface area (Å²) in [7, 11) is -3.85. The molecular weight excluding hydrogens is 282 g/mol. The molecule has 3 radical (unpaired) electrons. The molecule has 0 amide bonds. The van der Waals surface area contributed by atoms with Gasteiger partial charge in [-0.1, -0.05) is 0 Å². The summed E-state index contributed by atoms with van der Waals surface area (Å²) in [5.41, 5.74) is 0. The van der Waals surface area contributed by atoms with Gasteiger partial charge in [-0.2, -0.15) is 8.42 Å². The predicted molar refractivity (Wildman–Crippen MR) is 26.2 cm³/mol. The second-order valence-corrected chi connectivity index (χ2v) is 3.69. The molecule has 3 nitrogen and oxygen atoms in total. The van der Waals surface area contributed by atoms with Gasteiger partial charge >= 0.3 is 8.55 Å². The Morgan fingerprint density at radius 3 is 1.50 bits per heavy atom. The zero-order valence-corrected chi connectivity index (χ0v) is 7.45. The standard InChI is InChI=1S/BrHO3S.Sb/c1-5(2,3)4;/h(H,2,3,4);. The molecule has 0 atom stereocenters. The van der Waals surface area contributed by atoms with Crippen molar-refractivity contribution in [3.63, 3.8) is 0 Å². The van der Waals surface area contributed by atoms with Crippen molar-refractivity contribution in [2.75, 3.05) is 0 Å². The quantitative estimate of drug-likeness (QED) is 0.380. The smallest absolute Gasteiger partial charge is 0.277 e. The Kier molecular flexibility index (Phi) is 5.53. The fourth-order valence-corrected chi connectivity index (χ4v) is 0. The normalized spacial score (nSPS) is 9.67. The van der Waals surface area contributed by atoms with E-state index in [4.69, 9.17) is 13.0 Å². The van der Waals surface area contributed by atoms with Crippen molar-refractivity contribution in [1.29, 1.82) is 0 Å². The molecule has 6 heavy (non-hydrogen) atoms. The van der Waals surface area contributed by atoms with Gasteiger partial charge < -0.3 is 0 Å². The van der Waals surface area contributed by atoms with Gasteiger partial charge in [-0.05, 0) is 0 Å². The number of hydrogen-bond acceptors (Lipinski definition) is 2. The summed E-state index contributed by atoms with van der Waals surface area (Å²) >= 11 is 1.90. The maximum absolute atomic E-state index is 9.10. The molecule has 0 unspecified atom stereocenters. The third kappa shape index (κ3) is 63.2. The summed E-state index contributed by atoms with van der Waals surface area (Å²) in [6.45, 7) is 0. The molecule has 0 heterocycles. The fraction of sp³-hybridized carbons (Fsp3) is 0. The maximum atomic E-state index is 9.10. The van der Waals surface area contributed by atoms with Gasteiger partial charge in [-0.25, -0.2) is 0 Å². The van der Waals surface area contributed by atoms with Crippen molar-refractivity contribution in [3.8, 4) is 0 Å². The molecule has 0 aromatic rings.